The van der Waals surface area contributed by atoms with Gasteiger partial charge in [0.05, 0.1) is 28.5 Å². The predicted molar refractivity (Wildman–Crippen MR) is 168 cm³/mol. The standard InChI is InChI=1S/C34H28ClN3O3S/c1-4-41-33(40)29-30(23-11-7-5-8-12-23)36-34-38(31(29)24-13-9-6-10-14-24)32(39)28(42-34)20-25-19-21(2)37(22(25)3)27-17-15-26(35)16-18-27/h5-20,31H,4H2,1-3H3/b28-20-/t31-/m0/s1. The van der Waals surface area contributed by atoms with Crippen molar-refractivity contribution >= 4 is 40.7 Å². The minimum absolute atomic E-state index is 0.208. The lowest BCUT2D eigenvalue weighted by molar-refractivity contribution is -0.138. The van der Waals surface area contributed by atoms with Gasteiger partial charge in [0.25, 0.3) is 5.56 Å². The molecule has 0 N–H and O–H groups in total. The van der Waals surface area contributed by atoms with Crippen molar-refractivity contribution in [2.45, 2.75) is 26.8 Å². The van der Waals surface area contributed by atoms with Crippen LogP contribution in [0.2, 0.25) is 5.02 Å². The molecular weight excluding hydrogens is 566 g/mol. The molecule has 0 aliphatic carbocycles. The number of esters is 1. The molecule has 0 spiro atoms. The van der Waals surface area contributed by atoms with Crippen LogP contribution >= 0.6 is 22.9 Å². The summed E-state index contributed by atoms with van der Waals surface area (Å²) in [6.45, 7) is 6.05. The Hall–Kier alpha value is -4.46. The van der Waals surface area contributed by atoms with Gasteiger partial charge in [-0.25, -0.2) is 9.79 Å². The molecule has 0 radical (unpaired) electrons. The van der Waals surface area contributed by atoms with Crippen molar-refractivity contribution in [3.63, 3.8) is 0 Å². The van der Waals surface area contributed by atoms with Gasteiger partial charge in [-0.1, -0.05) is 83.6 Å². The summed E-state index contributed by atoms with van der Waals surface area (Å²) in [7, 11) is 0. The van der Waals surface area contributed by atoms with Gasteiger partial charge in [0, 0.05) is 27.7 Å². The van der Waals surface area contributed by atoms with Gasteiger partial charge in [-0.3, -0.25) is 9.36 Å². The second kappa shape index (κ2) is 11.4. The number of ether oxygens (including phenoxy) is 1. The first-order valence-corrected chi connectivity index (χ1v) is 14.8. The molecule has 1 aliphatic rings. The summed E-state index contributed by atoms with van der Waals surface area (Å²) in [5.41, 5.74) is 6.18. The maximum atomic E-state index is 14.2. The van der Waals surface area contributed by atoms with Gasteiger partial charge in [-0.2, -0.15) is 0 Å². The van der Waals surface area contributed by atoms with Gasteiger partial charge in [0.2, 0.25) is 0 Å². The topological polar surface area (TPSA) is 65.6 Å². The van der Waals surface area contributed by atoms with Crippen LogP contribution in [0.15, 0.2) is 106 Å². The first-order valence-electron chi connectivity index (χ1n) is 13.7. The maximum absolute atomic E-state index is 14.2. The van der Waals surface area contributed by atoms with Crippen LogP contribution in [0.3, 0.4) is 0 Å². The molecule has 0 amide bonds. The van der Waals surface area contributed by atoms with Gasteiger partial charge in [-0.05, 0) is 68.3 Å². The highest BCUT2D eigenvalue weighted by molar-refractivity contribution is 7.07. The number of aryl methyl sites for hydroxylation is 1. The largest absolute Gasteiger partial charge is 0.463 e. The highest BCUT2D eigenvalue weighted by Gasteiger charge is 2.35. The third-order valence-corrected chi connectivity index (χ3v) is 8.57. The maximum Gasteiger partial charge on any atom is 0.338 e. The summed E-state index contributed by atoms with van der Waals surface area (Å²) in [5, 5.41) is 0.674. The lowest BCUT2D eigenvalue weighted by atomic mass is 9.93. The Balaban J connectivity index is 1.59. The van der Waals surface area contributed by atoms with Gasteiger partial charge in [0.1, 0.15) is 0 Å². The molecule has 0 unspecified atom stereocenters. The van der Waals surface area contributed by atoms with Crippen molar-refractivity contribution in [1.82, 2.24) is 9.13 Å². The third kappa shape index (κ3) is 4.95. The van der Waals surface area contributed by atoms with Crippen LogP contribution in [0, 0.1) is 13.8 Å². The molecular formula is C34H28ClN3O3S. The monoisotopic (exact) mass is 593 g/mol. The van der Waals surface area contributed by atoms with Crippen LogP contribution in [-0.4, -0.2) is 21.7 Å². The number of hydrogen-bond acceptors (Lipinski definition) is 5. The van der Waals surface area contributed by atoms with Crippen molar-refractivity contribution < 1.29 is 9.53 Å². The molecule has 3 heterocycles. The number of carbonyl (C=O) groups is 1. The van der Waals surface area contributed by atoms with Gasteiger partial charge in [0.15, 0.2) is 4.80 Å². The minimum Gasteiger partial charge on any atom is -0.463 e. The summed E-state index contributed by atoms with van der Waals surface area (Å²) in [6, 6.07) is 28.2. The van der Waals surface area contributed by atoms with E-state index in [2.05, 4.69) is 10.6 Å². The molecule has 0 bridgehead atoms. The van der Waals surface area contributed by atoms with E-state index >= 15 is 0 Å². The molecule has 6 rings (SSSR count). The fourth-order valence-electron chi connectivity index (χ4n) is 5.45. The van der Waals surface area contributed by atoms with Crippen LogP contribution in [0.25, 0.3) is 17.5 Å². The SMILES string of the molecule is CCOC(=O)C1=C(c2ccccc2)N=c2s/c(=C\c3cc(C)n(-c4ccc(Cl)cc4)c3C)c(=O)n2[C@H]1c1ccccc1. The van der Waals surface area contributed by atoms with E-state index < -0.39 is 12.0 Å². The first-order chi connectivity index (χ1) is 20.4. The number of halogens is 1. The molecule has 8 heteroatoms. The molecule has 0 saturated carbocycles. The number of carbonyl (C=O) groups excluding carboxylic acids is 1. The summed E-state index contributed by atoms with van der Waals surface area (Å²) in [6.07, 6.45) is 1.91. The van der Waals surface area contributed by atoms with Crippen molar-refractivity contribution in [1.29, 1.82) is 0 Å². The smallest absolute Gasteiger partial charge is 0.338 e. The van der Waals surface area contributed by atoms with E-state index in [1.165, 1.54) is 11.3 Å². The quantitative estimate of drug-likeness (QED) is 0.227. The molecule has 5 aromatic rings. The highest BCUT2D eigenvalue weighted by atomic mass is 35.5. The second-order valence-electron chi connectivity index (χ2n) is 9.98. The zero-order valence-corrected chi connectivity index (χ0v) is 24.9. The fourth-order valence-corrected chi connectivity index (χ4v) is 6.57. The van der Waals surface area contributed by atoms with Crippen LogP contribution < -0.4 is 14.9 Å². The Bertz CT molecular complexity index is 2000. The van der Waals surface area contributed by atoms with Crippen molar-refractivity contribution in [3.05, 3.63) is 149 Å². The van der Waals surface area contributed by atoms with E-state index in [0.29, 0.717) is 25.6 Å². The molecule has 1 atom stereocenters. The van der Waals surface area contributed by atoms with Crippen LogP contribution in [0.1, 0.15) is 41.0 Å². The predicted octanol–water partition coefficient (Wildman–Crippen LogP) is 6.00. The third-order valence-electron chi connectivity index (χ3n) is 7.33. The number of aromatic nitrogens is 2. The summed E-state index contributed by atoms with van der Waals surface area (Å²) < 4.78 is 9.83. The molecule has 2 aromatic heterocycles. The Morgan fingerprint density at radius 1 is 1.00 bits per heavy atom. The first kappa shape index (κ1) is 27.7. The van der Waals surface area contributed by atoms with Crippen LogP contribution in [-0.2, 0) is 9.53 Å². The van der Waals surface area contributed by atoms with E-state index in [4.69, 9.17) is 21.3 Å². The second-order valence-corrected chi connectivity index (χ2v) is 11.4. The Kier molecular flexibility index (Phi) is 7.54. The van der Waals surface area contributed by atoms with E-state index in [9.17, 15) is 9.59 Å². The van der Waals surface area contributed by atoms with Gasteiger partial charge < -0.3 is 9.30 Å². The van der Waals surface area contributed by atoms with E-state index in [1.54, 1.807) is 11.5 Å². The normalized spacial score (nSPS) is 15.0. The summed E-state index contributed by atoms with van der Waals surface area (Å²) >= 11 is 7.44. The Morgan fingerprint density at radius 3 is 2.33 bits per heavy atom. The number of rotatable bonds is 6. The number of thiazole rings is 1. The van der Waals surface area contributed by atoms with E-state index in [-0.39, 0.29) is 12.2 Å². The molecule has 42 heavy (non-hydrogen) atoms. The van der Waals surface area contributed by atoms with E-state index in [1.807, 2.05) is 105 Å². The lowest BCUT2D eigenvalue weighted by Gasteiger charge is -2.25. The average Bonchev–Trinajstić information content (AvgIpc) is 3.47. The van der Waals surface area contributed by atoms with Crippen LogP contribution in [0.4, 0.5) is 0 Å². The lowest BCUT2D eigenvalue weighted by Crippen LogP contribution is -2.40. The molecule has 210 valence electrons. The summed E-state index contributed by atoms with van der Waals surface area (Å²) in [4.78, 5) is 33.2. The molecule has 6 nitrogen and oxygen atoms in total. The fraction of sp³-hybridized carbons (Fsp3) is 0.147. The molecule has 1 aliphatic heterocycles. The van der Waals surface area contributed by atoms with E-state index in [0.717, 1.165) is 33.8 Å². The number of benzene rings is 3. The number of hydrogen-bond donors (Lipinski definition) is 0. The average molecular weight is 594 g/mol. The molecule has 0 saturated heterocycles. The Labute approximate surface area is 252 Å². The van der Waals surface area contributed by atoms with Crippen molar-refractivity contribution in [3.8, 4) is 5.69 Å². The molecule has 3 aromatic carbocycles. The Morgan fingerprint density at radius 2 is 1.67 bits per heavy atom. The van der Waals surface area contributed by atoms with Crippen LogP contribution in [0.5, 0.6) is 0 Å². The van der Waals surface area contributed by atoms with Crippen molar-refractivity contribution in [2.24, 2.45) is 4.99 Å². The zero-order valence-electron chi connectivity index (χ0n) is 23.4. The summed E-state index contributed by atoms with van der Waals surface area (Å²) in [5.74, 6) is -0.491. The zero-order chi connectivity index (χ0) is 29.4. The van der Waals surface area contributed by atoms with Gasteiger partial charge >= 0.3 is 5.97 Å². The van der Waals surface area contributed by atoms with Gasteiger partial charge in [-0.15, -0.1) is 0 Å². The minimum atomic E-state index is -0.694. The van der Waals surface area contributed by atoms with Crippen molar-refractivity contribution in [2.75, 3.05) is 6.61 Å². The molecule has 0 fully saturated rings. The highest BCUT2D eigenvalue weighted by Crippen LogP contribution is 2.35. The number of nitrogens with zero attached hydrogens (tertiary/aromatic N) is 3. The number of fused-ring (bicyclic) bond motifs is 1.